The molecule has 0 amide bonds. The van der Waals surface area contributed by atoms with Crippen LogP contribution < -0.4 is 0 Å². The molecular weight excluding hydrogens is 132 g/mol. The molecule has 0 aliphatic carbocycles. The number of hydrogen-bond donors (Lipinski definition) is 1. The Morgan fingerprint density at radius 2 is 2.30 bits per heavy atom. The molecule has 3 nitrogen and oxygen atoms in total. The maximum atomic E-state index is 10.5. The van der Waals surface area contributed by atoms with Crippen LogP contribution in [0.4, 0.5) is 0 Å². The van der Waals surface area contributed by atoms with Gasteiger partial charge in [-0.25, -0.2) is 0 Å². The van der Waals surface area contributed by atoms with Crippen LogP contribution in [-0.4, -0.2) is 24.3 Å². The predicted molar refractivity (Wildman–Crippen MR) is 37.5 cm³/mol. The summed E-state index contributed by atoms with van der Waals surface area (Å²) in [4.78, 5) is 10.5. The second-order valence-corrected chi connectivity index (χ2v) is 2.22. The van der Waals surface area contributed by atoms with Crippen LogP contribution in [0.1, 0.15) is 26.2 Å². The fraction of sp³-hybridized carbons (Fsp3) is 0.857. The van der Waals surface area contributed by atoms with Gasteiger partial charge < -0.3 is 9.84 Å². The van der Waals surface area contributed by atoms with E-state index < -0.39 is 6.10 Å². The molecule has 0 aliphatic rings. The highest BCUT2D eigenvalue weighted by atomic mass is 16.5. The molecule has 0 rings (SSSR count). The maximum Gasteiger partial charge on any atom is 0.308 e. The Kier molecular flexibility index (Phi) is 4.94. The molecule has 3 heteroatoms. The fourth-order valence-electron chi connectivity index (χ4n) is 0.711. The third-order valence-corrected chi connectivity index (χ3v) is 1.25. The summed E-state index contributed by atoms with van der Waals surface area (Å²) in [5, 5.41) is 9.05. The van der Waals surface area contributed by atoms with Gasteiger partial charge in [-0.3, -0.25) is 4.79 Å². The van der Waals surface area contributed by atoms with E-state index in [-0.39, 0.29) is 12.4 Å². The van der Waals surface area contributed by atoms with Gasteiger partial charge in [0.2, 0.25) is 0 Å². The predicted octanol–water partition coefficient (Wildman–Crippen LogP) is 0.710. The van der Waals surface area contributed by atoms with E-state index in [2.05, 4.69) is 4.74 Å². The third-order valence-electron chi connectivity index (χ3n) is 1.25. The van der Waals surface area contributed by atoms with Crippen molar-refractivity contribution in [3.05, 3.63) is 0 Å². The largest absolute Gasteiger partial charge is 0.469 e. The molecule has 10 heavy (non-hydrogen) atoms. The van der Waals surface area contributed by atoms with Gasteiger partial charge in [0.25, 0.3) is 0 Å². The summed E-state index contributed by atoms with van der Waals surface area (Å²) < 4.78 is 4.37. The molecule has 1 N–H and O–H groups in total. The highest BCUT2D eigenvalue weighted by molar-refractivity contribution is 5.69. The van der Waals surface area contributed by atoms with Gasteiger partial charge in [-0.2, -0.15) is 0 Å². The van der Waals surface area contributed by atoms with E-state index in [0.717, 1.165) is 6.42 Å². The van der Waals surface area contributed by atoms with Crippen LogP contribution in [0, 0.1) is 0 Å². The van der Waals surface area contributed by atoms with Crippen molar-refractivity contribution in [3.63, 3.8) is 0 Å². The van der Waals surface area contributed by atoms with E-state index in [0.29, 0.717) is 6.42 Å². The van der Waals surface area contributed by atoms with E-state index in [1.54, 1.807) is 0 Å². The Morgan fingerprint density at radius 3 is 2.70 bits per heavy atom. The highest BCUT2D eigenvalue weighted by Crippen LogP contribution is 2.01. The Bertz CT molecular complexity index is 101. The quantitative estimate of drug-likeness (QED) is 0.594. The standard InChI is InChI=1S/C7H14O3/c1-3-4-6(8)5-7(9)10-2/h6,8H,3-5H2,1-2H3/t6-/m1/s1. The van der Waals surface area contributed by atoms with Crippen LogP contribution in [0.2, 0.25) is 0 Å². The van der Waals surface area contributed by atoms with Crippen molar-refractivity contribution in [1.82, 2.24) is 0 Å². The minimum absolute atomic E-state index is 0.115. The minimum Gasteiger partial charge on any atom is -0.469 e. The first-order chi connectivity index (χ1) is 4.70. The molecule has 0 aromatic carbocycles. The van der Waals surface area contributed by atoms with E-state index in [4.69, 9.17) is 5.11 Å². The van der Waals surface area contributed by atoms with E-state index >= 15 is 0 Å². The van der Waals surface area contributed by atoms with Gasteiger partial charge in [0.1, 0.15) is 0 Å². The lowest BCUT2D eigenvalue weighted by molar-refractivity contribution is -0.142. The monoisotopic (exact) mass is 146 g/mol. The number of rotatable bonds is 4. The first-order valence-corrected chi connectivity index (χ1v) is 3.45. The van der Waals surface area contributed by atoms with Crippen LogP contribution >= 0.6 is 0 Å². The summed E-state index contributed by atoms with van der Waals surface area (Å²) in [5.41, 5.74) is 0. The summed E-state index contributed by atoms with van der Waals surface area (Å²) in [7, 11) is 1.32. The number of aliphatic hydroxyl groups excluding tert-OH is 1. The van der Waals surface area contributed by atoms with Crippen LogP contribution in [0.15, 0.2) is 0 Å². The van der Waals surface area contributed by atoms with Gasteiger partial charge in [0.15, 0.2) is 0 Å². The zero-order valence-electron chi connectivity index (χ0n) is 6.46. The Labute approximate surface area is 61.0 Å². The molecule has 0 aromatic rings. The van der Waals surface area contributed by atoms with Crippen LogP contribution in [0.5, 0.6) is 0 Å². The number of methoxy groups -OCH3 is 1. The first-order valence-electron chi connectivity index (χ1n) is 3.45. The molecule has 1 atom stereocenters. The number of aliphatic hydroxyl groups is 1. The molecular formula is C7H14O3. The number of hydrogen-bond acceptors (Lipinski definition) is 3. The summed E-state index contributed by atoms with van der Waals surface area (Å²) in [6.45, 7) is 1.96. The van der Waals surface area contributed by atoms with Gasteiger partial charge in [-0.1, -0.05) is 13.3 Å². The lowest BCUT2D eigenvalue weighted by atomic mass is 10.1. The number of carbonyl (C=O) groups excluding carboxylic acids is 1. The van der Waals surface area contributed by atoms with Crippen molar-refractivity contribution >= 4 is 5.97 Å². The first kappa shape index (κ1) is 9.43. The molecule has 60 valence electrons. The molecule has 0 spiro atoms. The topological polar surface area (TPSA) is 46.5 Å². The smallest absolute Gasteiger partial charge is 0.308 e. The third kappa shape index (κ3) is 4.32. The molecule has 0 saturated heterocycles. The van der Waals surface area contributed by atoms with Crippen molar-refractivity contribution in [1.29, 1.82) is 0 Å². The zero-order valence-corrected chi connectivity index (χ0v) is 6.46. The fourth-order valence-corrected chi connectivity index (χ4v) is 0.711. The van der Waals surface area contributed by atoms with Gasteiger partial charge >= 0.3 is 5.97 Å². The molecule has 0 fully saturated rings. The average Bonchev–Trinajstić information content (AvgIpc) is 1.88. The van der Waals surface area contributed by atoms with Gasteiger partial charge in [0.05, 0.1) is 19.6 Å². The van der Waals surface area contributed by atoms with E-state index in [1.807, 2.05) is 6.92 Å². The van der Waals surface area contributed by atoms with Gasteiger partial charge in [0, 0.05) is 0 Å². The minimum atomic E-state index is -0.530. The highest BCUT2D eigenvalue weighted by Gasteiger charge is 2.08. The van der Waals surface area contributed by atoms with E-state index in [1.165, 1.54) is 7.11 Å². The average molecular weight is 146 g/mol. The molecule has 0 aromatic heterocycles. The summed E-state index contributed by atoms with van der Waals surface area (Å²) in [6.07, 6.45) is 1.13. The Balaban J connectivity index is 3.37. The second-order valence-electron chi connectivity index (χ2n) is 2.22. The summed E-state index contributed by atoms with van der Waals surface area (Å²) in [6, 6.07) is 0. The molecule has 0 aliphatic heterocycles. The Hall–Kier alpha value is -0.570. The molecule has 0 unspecified atom stereocenters. The number of carbonyl (C=O) groups is 1. The van der Waals surface area contributed by atoms with Crippen molar-refractivity contribution < 1.29 is 14.6 Å². The molecule has 0 bridgehead atoms. The van der Waals surface area contributed by atoms with Gasteiger partial charge in [-0.15, -0.1) is 0 Å². The maximum absolute atomic E-state index is 10.5. The second kappa shape index (κ2) is 5.23. The SMILES string of the molecule is CCC[C@@H](O)CC(=O)OC. The molecule has 0 radical (unpaired) electrons. The summed E-state index contributed by atoms with van der Waals surface area (Å²) in [5.74, 6) is -0.346. The van der Waals surface area contributed by atoms with E-state index in [9.17, 15) is 4.79 Å². The van der Waals surface area contributed by atoms with Crippen LogP contribution in [0.3, 0.4) is 0 Å². The van der Waals surface area contributed by atoms with Crippen molar-refractivity contribution in [2.45, 2.75) is 32.3 Å². The van der Waals surface area contributed by atoms with Crippen molar-refractivity contribution in [3.8, 4) is 0 Å². The molecule has 0 heterocycles. The normalized spacial score (nSPS) is 12.7. The molecule has 0 saturated carbocycles. The van der Waals surface area contributed by atoms with Gasteiger partial charge in [-0.05, 0) is 6.42 Å². The number of esters is 1. The lowest BCUT2D eigenvalue weighted by Gasteiger charge is -2.05. The van der Waals surface area contributed by atoms with Crippen LogP contribution in [0.25, 0.3) is 0 Å². The Morgan fingerprint density at radius 1 is 1.70 bits per heavy atom. The number of ether oxygens (including phenoxy) is 1. The van der Waals surface area contributed by atoms with Crippen molar-refractivity contribution in [2.75, 3.05) is 7.11 Å². The van der Waals surface area contributed by atoms with Crippen molar-refractivity contribution in [2.24, 2.45) is 0 Å². The summed E-state index contributed by atoms with van der Waals surface area (Å²) >= 11 is 0. The van der Waals surface area contributed by atoms with Crippen LogP contribution in [-0.2, 0) is 9.53 Å². The lowest BCUT2D eigenvalue weighted by Crippen LogP contribution is -2.13. The zero-order chi connectivity index (χ0) is 7.98.